The van der Waals surface area contributed by atoms with Gasteiger partial charge in [-0.25, -0.2) is 0 Å². The molecule has 1 atom stereocenters. The summed E-state index contributed by atoms with van der Waals surface area (Å²) in [6, 6.07) is 0. The monoisotopic (exact) mass is 280 g/mol. The van der Waals surface area contributed by atoms with Crippen LogP contribution in [-0.4, -0.2) is 41.3 Å². The van der Waals surface area contributed by atoms with E-state index in [1.165, 1.54) is 38.8 Å². The van der Waals surface area contributed by atoms with Gasteiger partial charge in [0.15, 0.2) is 0 Å². The smallest absolute Gasteiger partial charge is 0.0830 e. The molecule has 0 aromatic rings. The minimum atomic E-state index is -0.158. The zero-order valence-corrected chi connectivity index (χ0v) is 13.7. The maximum absolute atomic E-state index is 6.41. The van der Waals surface area contributed by atoms with Crippen molar-refractivity contribution in [2.24, 2.45) is 17.6 Å². The summed E-state index contributed by atoms with van der Waals surface area (Å²) in [7, 11) is 0. The molecule has 3 nitrogen and oxygen atoms in total. The fraction of sp³-hybridized carbons (Fsp3) is 1.00. The molecule has 1 heterocycles. The summed E-state index contributed by atoms with van der Waals surface area (Å²) >= 11 is 0. The lowest BCUT2D eigenvalue weighted by Gasteiger charge is -2.48. The summed E-state index contributed by atoms with van der Waals surface area (Å²) in [4.78, 5) is 2.73. The molecule has 20 heavy (non-hydrogen) atoms. The van der Waals surface area contributed by atoms with E-state index >= 15 is 0 Å². The Hall–Kier alpha value is -0.120. The average molecular weight is 280 g/mol. The summed E-state index contributed by atoms with van der Waals surface area (Å²) in [6.07, 6.45) is 6.70. The van der Waals surface area contributed by atoms with Gasteiger partial charge in [-0.1, -0.05) is 0 Å². The molecular formula is C17H32N2O. The fourth-order valence-corrected chi connectivity index (χ4v) is 4.33. The predicted octanol–water partition coefficient (Wildman–Crippen LogP) is 2.78. The van der Waals surface area contributed by atoms with Gasteiger partial charge < -0.3 is 10.5 Å². The van der Waals surface area contributed by atoms with E-state index in [-0.39, 0.29) is 16.7 Å². The van der Waals surface area contributed by atoms with Crippen LogP contribution in [0.2, 0.25) is 0 Å². The Bertz CT molecular complexity index is 357. The first-order valence-electron chi connectivity index (χ1n) is 8.43. The van der Waals surface area contributed by atoms with Crippen molar-refractivity contribution < 1.29 is 4.74 Å². The van der Waals surface area contributed by atoms with Crippen LogP contribution in [0.4, 0.5) is 0 Å². The van der Waals surface area contributed by atoms with Gasteiger partial charge >= 0.3 is 0 Å². The second kappa shape index (κ2) is 4.69. The van der Waals surface area contributed by atoms with Crippen LogP contribution in [0.3, 0.4) is 0 Å². The van der Waals surface area contributed by atoms with Crippen molar-refractivity contribution in [1.82, 2.24) is 4.90 Å². The molecule has 1 aliphatic heterocycles. The third-order valence-electron chi connectivity index (χ3n) is 5.66. The number of ether oxygens (including phenoxy) is 1. The zero-order valence-electron chi connectivity index (χ0n) is 13.7. The van der Waals surface area contributed by atoms with Gasteiger partial charge in [0.05, 0.1) is 16.7 Å². The highest BCUT2D eigenvalue weighted by molar-refractivity contribution is 5.14. The summed E-state index contributed by atoms with van der Waals surface area (Å²) in [5.41, 5.74) is 6.13. The lowest BCUT2D eigenvalue weighted by atomic mass is 9.77. The van der Waals surface area contributed by atoms with E-state index in [2.05, 4.69) is 32.6 Å². The van der Waals surface area contributed by atoms with Gasteiger partial charge in [0, 0.05) is 19.6 Å². The van der Waals surface area contributed by atoms with Gasteiger partial charge in [0.2, 0.25) is 0 Å². The minimum absolute atomic E-state index is 0.0156. The Balaban J connectivity index is 1.86. The number of hydrogen-bond donors (Lipinski definition) is 1. The summed E-state index contributed by atoms with van der Waals surface area (Å²) in [5, 5.41) is 0. The van der Waals surface area contributed by atoms with Crippen LogP contribution in [0.5, 0.6) is 0 Å². The molecule has 2 saturated carbocycles. The fourth-order valence-electron chi connectivity index (χ4n) is 4.33. The largest absolute Gasteiger partial charge is 0.368 e. The van der Waals surface area contributed by atoms with Crippen molar-refractivity contribution in [2.45, 2.75) is 76.5 Å². The molecule has 0 aromatic carbocycles. The van der Waals surface area contributed by atoms with Crippen LogP contribution in [0.15, 0.2) is 0 Å². The molecule has 0 radical (unpaired) electrons. The SMILES string of the molecule is CC1(C)CC(CN)(N(CC2CC2)CC2CC2)C(C)(C)O1. The van der Waals surface area contributed by atoms with E-state index in [0.29, 0.717) is 6.54 Å². The molecule has 2 N–H and O–H groups in total. The molecule has 0 bridgehead atoms. The zero-order chi connectivity index (χ0) is 14.6. The van der Waals surface area contributed by atoms with Crippen LogP contribution in [0.25, 0.3) is 0 Å². The van der Waals surface area contributed by atoms with E-state index in [1.807, 2.05) is 0 Å². The highest BCUT2D eigenvalue weighted by atomic mass is 16.5. The second-order valence-electron chi connectivity index (χ2n) is 8.58. The maximum atomic E-state index is 6.41. The highest BCUT2D eigenvalue weighted by Crippen LogP contribution is 2.50. The molecule has 1 saturated heterocycles. The second-order valence-corrected chi connectivity index (χ2v) is 8.58. The van der Waals surface area contributed by atoms with Gasteiger partial charge in [0.25, 0.3) is 0 Å². The number of rotatable bonds is 6. The van der Waals surface area contributed by atoms with Crippen molar-refractivity contribution in [3.8, 4) is 0 Å². The number of nitrogens with two attached hydrogens (primary N) is 1. The summed E-state index contributed by atoms with van der Waals surface area (Å²) in [5.74, 6) is 1.83. The molecule has 1 unspecified atom stereocenters. The molecule has 3 fully saturated rings. The van der Waals surface area contributed by atoms with Gasteiger partial charge in [-0.3, -0.25) is 4.90 Å². The van der Waals surface area contributed by atoms with Crippen LogP contribution in [-0.2, 0) is 4.74 Å². The Morgan fingerprint density at radius 1 is 1.00 bits per heavy atom. The topological polar surface area (TPSA) is 38.5 Å². The van der Waals surface area contributed by atoms with E-state index in [4.69, 9.17) is 10.5 Å². The van der Waals surface area contributed by atoms with Crippen LogP contribution in [0, 0.1) is 11.8 Å². The molecule has 3 aliphatic rings. The third kappa shape index (κ3) is 2.65. The Morgan fingerprint density at radius 3 is 1.80 bits per heavy atom. The van der Waals surface area contributed by atoms with Crippen molar-refractivity contribution in [3.05, 3.63) is 0 Å². The van der Waals surface area contributed by atoms with Crippen LogP contribution >= 0.6 is 0 Å². The maximum Gasteiger partial charge on any atom is 0.0830 e. The van der Waals surface area contributed by atoms with Gasteiger partial charge in [0.1, 0.15) is 0 Å². The molecule has 2 aliphatic carbocycles. The quantitative estimate of drug-likeness (QED) is 0.813. The summed E-state index contributed by atoms with van der Waals surface area (Å²) < 4.78 is 6.41. The van der Waals surface area contributed by atoms with Crippen molar-refractivity contribution >= 4 is 0 Å². The number of nitrogens with zero attached hydrogens (tertiary/aromatic N) is 1. The van der Waals surface area contributed by atoms with Crippen molar-refractivity contribution in [1.29, 1.82) is 0 Å². The Labute approximate surface area is 124 Å². The highest BCUT2D eigenvalue weighted by Gasteiger charge is 2.60. The third-order valence-corrected chi connectivity index (χ3v) is 5.66. The first kappa shape index (κ1) is 14.8. The molecule has 3 rings (SSSR count). The number of hydrogen-bond acceptors (Lipinski definition) is 3. The standard InChI is InChI=1S/C17H32N2O/c1-15(2)11-17(12-18,16(3,4)20-15)19(9-13-5-6-13)10-14-7-8-14/h13-14H,5-12,18H2,1-4H3. The van der Waals surface area contributed by atoms with Crippen molar-refractivity contribution in [2.75, 3.05) is 19.6 Å². The van der Waals surface area contributed by atoms with E-state index in [1.54, 1.807) is 0 Å². The normalized spacial score (nSPS) is 35.7. The van der Waals surface area contributed by atoms with Gasteiger partial charge in [-0.05, 0) is 71.6 Å². The van der Waals surface area contributed by atoms with Crippen LogP contribution < -0.4 is 5.73 Å². The van der Waals surface area contributed by atoms with Gasteiger partial charge in [-0.15, -0.1) is 0 Å². The van der Waals surface area contributed by atoms with Gasteiger partial charge in [-0.2, -0.15) is 0 Å². The Morgan fingerprint density at radius 2 is 1.50 bits per heavy atom. The van der Waals surface area contributed by atoms with Crippen molar-refractivity contribution in [3.63, 3.8) is 0 Å². The van der Waals surface area contributed by atoms with E-state index < -0.39 is 0 Å². The average Bonchev–Trinajstić information content (AvgIpc) is 3.17. The van der Waals surface area contributed by atoms with E-state index in [9.17, 15) is 0 Å². The molecule has 116 valence electrons. The molecule has 0 amide bonds. The summed E-state index contributed by atoms with van der Waals surface area (Å²) in [6.45, 7) is 12.1. The van der Waals surface area contributed by atoms with E-state index in [0.717, 1.165) is 18.3 Å². The Kier molecular flexibility index (Phi) is 3.47. The lowest BCUT2D eigenvalue weighted by molar-refractivity contribution is -0.105. The van der Waals surface area contributed by atoms with Crippen LogP contribution in [0.1, 0.15) is 59.8 Å². The first-order valence-corrected chi connectivity index (χ1v) is 8.43. The lowest BCUT2D eigenvalue weighted by Crippen LogP contribution is -2.64. The predicted molar refractivity (Wildman–Crippen MR) is 82.7 cm³/mol. The molecule has 0 spiro atoms. The minimum Gasteiger partial charge on any atom is -0.368 e. The first-order chi connectivity index (χ1) is 9.28. The molecular weight excluding hydrogens is 248 g/mol. The molecule has 3 heteroatoms. The molecule has 0 aromatic heterocycles.